The summed E-state index contributed by atoms with van der Waals surface area (Å²) in [5.74, 6) is 0.553. The summed E-state index contributed by atoms with van der Waals surface area (Å²) in [7, 11) is -4.43. The molecular weight excluding hydrogens is 580 g/mol. The number of alkyl halides is 1. The number of likely N-dealkylation sites (tertiary alicyclic amines) is 1. The molecule has 5 rings (SSSR count). The fraction of sp³-hybridized carbons (Fsp3) is 0.267. The molecule has 1 amide bonds. The molecule has 4 aromatic rings. The second-order valence-electron chi connectivity index (χ2n) is 10.3. The molecule has 11 nitrogen and oxygen atoms in total. The topological polar surface area (TPSA) is 151 Å². The number of ether oxygens (including phenoxy) is 2. The van der Waals surface area contributed by atoms with E-state index in [1.54, 1.807) is 53.2 Å². The van der Waals surface area contributed by atoms with Gasteiger partial charge in [-0.2, -0.15) is 0 Å². The zero-order valence-electron chi connectivity index (χ0n) is 23.2. The number of hydrogen-bond acceptors (Lipinski definition) is 7. The number of rotatable bonds is 11. The van der Waals surface area contributed by atoms with E-state index in [0.29, 0.717) is 33.7 Å². The van der Waals surface area contributed by atoms with E-state index in [1.165, 1.54) is 24.0 Å². The van der Waals surface area contributed by atoms with Gasteiger partial charge in [0.2, 0.25) is 5.91 Å². The Bertz CT molecular complexity index is 1670. The Labute approximate surface area is 246 Å². The molecule has 0 bridgehead atoms. The minimum Gasteiger partial charge on any atom is -0.481 e. The number of fused-ring (bicyclic) bond motifs is 1. The van der Waals surface area contributed by atoms with Gasteiger partial charge < -0.3 is 34.3 Å². The number of carbonyl (C=O) groups is 2. The lowest BCUT2D eigenvalue weighted by molar-refractivity contribution is -0.124. The zero-order chi connectivity index (χ0) is 30.7. The molecule has 2 heterocycles. The number of benzene rings is 3. The van der Waals surface area contributed by atoms with Crippen molar-refractivity contribution in [2.45, 2.75) is 38.3 Å². The van der Waals surface area contributed by atoms with Crippen molar-refractivity contribution in [2.75, 3.05) is 18.2 Å². The predicted molar refractivity (Wildman–Crippen MR) is 157 cm³/mol. The van der Waals surface area contributed by atoms with Crippen LogP contribution in [0, 0.1) is 0 Å². The molecule has 1 unspecified atom stereocenters. The van der Waals surface area contributed by atoms with E-state index < -0.39 is 38.3 Å². The van der Waals surface area contributed by atoms with Gasteiger partial charge in [-0.1, -0.05) is 24.3 Å². The highest BCUT2D eigenvalue weighted by Crippen LogP contribution is 2.36. The number of anilines is 1. The third-order valence-electron chi connectivity index (χ3n) is 7.05. The highest BCUT2D eigenvalue weighted by molar-refractivity contribution is 7.51. The smallest absolute Gasteiger partial charge is 0.362 e. The highest BCUT2D eigenvalue weighted by Gasteiger charge is 2.40. The van der Waals surface area contributed by atoms with Gasteiger partial charge in [0.05, 0.1) is 18.1 Å². The van der Waals surface area contributed by atoms with E-state index in [4.69, 9.17) is 19.3 Å². The van der Waals surface area contributed by atoms with Crippen LogP contribution in [0.5, 0.6) is 17.2 Å². The molecule has 1 aliphatic rings. The van der Waals surface area contributed by atoms with Gasteiger partial charge in [-0.25, -0.2) is 4.39 Å². The number of para-hydroxylation sites is 1. The first-order chi connectivity index (χ1) is 20.5. The summed E-state index contributed by atoms with van der Waals surface area (Å²) in [6.45, 7) is 1.09. The van der Waals surface area contributed by atoms with Gasteiger partial charge in [0, 0.05) is 47.9 Å². The third kappa shape index (κ3) is 7.48. The maximum Gasteiger partial charge on any atom is 0.362 e. The van der Waals surface area contributed by atoms with Crippen LogP contribution in [-0.2, 0) is 15.9 Å². The van der Waals surface area contributed by atoms with Gasteiger partial charge in [0.25, 0.3) is 0 Å². The van der Waals surface area contributed by atoms with E-state index in [9.17, 15) is 23.7 Å². The number of aliphatic hydroxyl groups is 1. The van der Waals surface area contributed by atoms with Gasteiger partial charge in [0.15, 0.2) is 12.1 Å². The van der Waals surface area contributed by atoms with Crippen molar-refractivity contribution in [3.8, 4) is 17.2 Å². The lowest BCUT2D eigenvalue weighted by Crippen LogP contribution is -2.47. The Balaban J connectivity index is 1.33. The van der Waals surface area contributed by atoms with Gasteiger partial charge in [0.1, 0.15) is 29.6 Å². The summed E-state index contributed by atoms with van der Waals surface area (Å²) in [4.78, 5) is 45.3. The molecule has 3 aromatic carbocycles. The minimum atomic E-state index is -4.43. The molecule has 1 saturated heterocycles. The SMILES string of the molecule is CC(=O)c1cn(CC(O)N2C[C@H](F)C[C@H]2C(=O)Nc2cccc(Oc3ccccc3)c2)c2cc(OCP(=O)(O)O)ccc12. The average molecular weight is 612 g/mol. The summed E-state index contributed by atoms with van der Waals surface area (Å²) in [6.07, 6.45) is -2.06. The van der Waals surface area contributed by atoms with Crippen LogP contribution in [0.4, 0.5) is 10.1 Å². The third-order valence-corrected chi connectivity index (χ3v) is 7.51. The van der Waals surface area contributed by atoms with Crippen molar-refractivity contribution < 1.29 is 42.9 Å². The summed E-state index contributed by atoms with van der Waals surface area (Å²) in [5, 5.41) is 14.6. The Morgan fingerprint density at radius 1 is 1.05 bits per heavy atom. The fourth-order valence-electron chi connectivity index (χ4n) is 5.12. The lowest BCUT2D eigenvalue weighted by Gasteiger charge is -2.29. The minimum absolute atomic E-state index is 0.116. The largest absolute Gasteiger partial charge is 0.481 e. The van der Waals surface area contributed by atoms with Gasteiger partial charge in [-0.15, -0.1) is 0 Å². The van der Waals surface area contributed by atoms with Crippen LogP contribution in [0.2, 0.25) is 0 Å². The van der Waals surface area contributed by atoms with E-state index in [-0.39, 0.29) is 31.0 Å². The molecule has 4 N–H and O–H groups in total. The summed E-state index contributed by atoms with van der Waals surface area (Å²) in [5.41, 5.74) is 1.26. The molecule has 3 atom stereocenters. The fourth-order valence-corrected chi connectivity index (χ4v) is 5.43. The summed E-state index contributed by atoms with van der Waals surface area (Å²) < 4.78 is 38.5. The van der Waals surface area contributed by atoms with Gasteiger partial charge in [-0.3, -0.25) is 19.1 Å². The normalized spacial score (nSPS) is 18.0. The number of ketones is 1. The number of carbonyl (C=O) groups excluding carboxylic acids is 2. The molecule has 0 aliphatic carbocycles. The van der Waals surface area contributed by atoms with Crippen LogP contribution in [0.1, 0.15) is 23.7 Å². The molecule has 1 fully saturated rings. The van der Waals surface area contributed by atoms with Crippen LogP contribution < -0.4 is 14.8 Å². The molecule has 43 heavy (non-hydrogen) atoms. The van der Waals surface area contributed by atoms with Crippen LogP contribution in [0.3, 0.4) is 0 Å². The van der Waals surface area contributed by atoms with Crippen LogP contribution >= 0.6 is 7.60 Å². The number of Topliss-reactive ketones (excluding diaryl/α,β-unsaturated/α-hetero) is 1. The Morgan fingerprint density at radius 2 is 1.79 bits per heavy atom. The van der Waals surface area contributed by atoms with Crippen LogP contribution in [0.25, 0.3) is 10.9 Å². The predicted octanol–water partition coefficient (Wildman–Crippen LogP) is 4.52. The zero-order valence-corrected chi connectivity index (χ0v) is 24.1. The Hall–Kier alpha value is -4.06. The van der Waals surface area contributed by atoms with E-state index >= 15 is 0 Å². The van der Waals surface area contributed by atoms with Crippen LogP contribution in [0.15, 0.2) is 79.0 Å². The number of halogens is 1. The lowest BCUT2D eigenvalue weighted by atomic mass is 10.1. The average Bonchev–Trinajstić information content (AvgIpc) is 3.53. The molecule has 0 radical (unpaired) electrons. The van der Waals surface area contributed by atoms with Crippen molar-refractivity contribution >= 4 is 35.9 Å². The molecule has 1 aliphatic heterocycles. The number of nitrogens with zero attached hydrogens (tertiary/aromatic N) is 2. The van der Waals surface area contributed by atoms with Gasteiger partial charge in [-0.05, 0) is 43.3 Å². The molecule has 226 valence electrons. The second-order valence-corrected chi connectivity index (χ2v) is 11.9. The number of amides is 1. The number of aromatic nitrogens is 1. The first-order valence-corrected chi connectivity index (χ1v) is 15.3. The maximum absolute atomic E-state index is 14.6. The quantitative estimate of drug-likeness (QED) is 0.142. The molecular formula is C30H31FN3O8P. The number of hydrogen-bond donors (Lipinski definition) is 4. The summed E-state index contributed by atoms with van der Waals surface area (Å²) >= 11 is 0. The number of aliphatic hydroxyl groups excluding tert-OH is 1. The van der Waals surface area contributed by atoms with Crippen molar-refractivity contribution in [3.05, 3.63) is 84.6 Å². The van der Waals surface area contributed by atoms with Crippen molar-refractivity contribution in [1.29, 1.82) is 0 Å². The van der Waals surface area contributed by atoms with Gasteiger partial charge >= 0.3 is 7.60 Å². The number of nitrogens with one attached hydrogen (secondary N) is 1. The molecule has 0 saturated carbocycles. The van der Waals surface area contributed by atoms with Crippen LogP contribution in [-0.4, -0.2) is 67.4 Å². The molecule has 13 heteroatoms. The maximum atomic E-state index is 14.6. The molecule has 0 spiro atoms. The van der Waals surface area contributed by atoms with Crippen molar-refractivity contribution in [3.63, 3.8) is 0 Å². The van der Waals surface area contributed by atoms with E-state index in [1.807, 2.05) is 18.2 Å². The first kappa shape index (κ1) is 30.4. The van der Waals surface area contributed by atoms with Crippen molar-refractivity contribution in [1.82, 2.24) is 9.47 Å². The molecule has 1 aromatic heterocycles. The first-order valence-electron chi connectivity index (χ1n) is 13.5. The van der Waals surface area contributed by atoms with E-state index in [0.717, 1.165) is 0 Å². The second kappa shape index (κ2) is 12.7. The Kier molecular flexibility index (Phi) is 8.95. The standard InChI is InChI=1S/C30H31FN3O8P/c1-19(35)26-16-33(27-14-23(10-11-25(26)27)41-18-43(38,39)40)17-29(36)34-15-20(31)12-28(34)30(37)32-21-6-5-9-24(13-21)42-22-7-3-2-4-8-22/h2-11,13-14,16,20,28-29,36H,12,15,17-18H2,1H3,(H,32,37)(H2,38,39,40)/t20-,28+,29?/m1/s1. The van der Waals surface area contributed by atoms with Crippen molar-refractivity contribution in [2.24, 2.45) is 0 Å². The van der Waals surface area contributed by atoms with E-state index in [2.05, 4.69) is 5.32 Å². The summed E-state index contributed by atoms with van der Waals surface area (Å²) in [6, 6.07) is 19.5. The monoisotopic (exact) mass is 611 g/mol. The highest BCUT2D eigenvalue weighted by atomic mass is 31.2. The Morgan fingerprint density at radius 3 is 2.51 bits per heavy atom.